The van der Waals surface area contributed by atoms with Gasteiger partial charge in [-0.3, -0.25) is 0 Å². The fourth-order valence-electron chi connectivity index (χ4n) is 1.58. The van der Waals surface area contributed by atoms with Crippen molar-refractivity contribution in [3.8, 4) is 0 Å². The number of benzene rings is 1. The summed E-state index contributed by atoms with van der Waals surface area (Å²) in [7, 11) is 3.46. The Morgan fingerprint density at radius 1 is 1.40 bits per heavy atom. The van der Waals surface area contributed by atoms with Gasteiger partial charge >= 0.3 is 12.0 Å². The highest BCUT2D eigenvalue weighted by atomic mass is 19.1. The number of carbonyl (C=O) groups is 2. The molecule has 0 aliphatic rings. The van der Waals surface area contributed by atoms with Crippen molar-refractivity contribution >= 4 is 17.7 Å². The quantitative estimate of drug-likeness (QED) is 0.693. The molecule has 6 nitrogen and oxygen atoms in total. The van der Waals surface area contributed by atoms with Gasteiger partial charge in [-0.05, 0) is 38.2 Å². The van der Waals surface area contributed by atoms with Crippen molar-refractivity contribution in [2.45, 2.75) is 6.42 Å². The molecule has 7 heteroatoms. The number of nitrogens with one attached hydrogen (secondary N) is 2. The molecule has 0 aliphatic carbocycles. The normalized spacial score (nSPS) is 10.2. The Kier molecular flexibility index (Phi) is 5.92. The van der Waals surface area contributed by atoms with Crippen LogP contribution in [0.1, 0.15) is 16.8 Å². The Bertz CT molecular complexity index is 494. The number of aromatic carboxylic acids is 1. The van der Waals surface area contributed by atoms with E-state index in [1.807, 2.05) is 7.05 Å². The van der Waals surface area contributed by atoms with E-state index in [2.05, 4.69) is 10.6 Å². The largest absolute Gasteiger partial charge is 0.478 e. The molecular weight excluding hydrogens is 265 g/mol. The second-order valence-electron chi connectivity index (χ2n) is 4.31. The summed E-state index contributed by atoms with van der Waals surface area (Å²) < 4.78 is 13.2. The molecule has 0 unspecified atom stereocenters. The van der Waals surface area contributed by atoms with Crippen LogP contribution in [0, 0.1) is 5.82 Å². The fraction of sp³-hybridized carbons (Fsp3) is 0.385. The van der Waals surface area contributed by atoms with Gasteiger partial charge in [0, 0.05) is 19.3 Å². The minimum Gasteiger partial charge on any atom is -0.478 e. The van der Waals surface area contributed by atoms with E-state index < -0.39 is 17.3 Å². The monoisotopic (exact) mass is 283 g/mol. The first kappa shape index (κ1) is 15.9. The second-order valence-corrected chi connectivity index (χ2v) is 4.31. The van der Waals surface area contributed by atoms with E-state index in [1.165, 1.54) is 11.0 Å². The number of rotatable bonds is 6. The average molecular weight is 283 g/mol. The van der Waals surface area contributed by atoms with Crippen LogP contribution in [-0.2, 0) is 0 Å². The van der Waals surface area contributed by atoms with Gasteiger partial charge in [-0.25, -0.2) is 14.0 Å². The van der Waals surface area contributed by atoms with Gasteiger partial charge in [-0.2, -0.15) is 0 Å². The Morgan fingerprint density at radius 3 is 2.70 bits per heavy atom. The maximum Gasteiger partial charge on any atom is 0.338 e. The van der Waals surface area contributed by atoms with Gasteiger partial charge in [-0.1, -0.05) is 0 Å². The third-order valence-electron chi connectivity index (χ3n) is 2.72. The molecule has 0 aliphatic heterocycles. The zero-order valence-corrected chi connectivity index (χ0v) is 11.4. The molecule has 0 heterocycles. The summed E-state index contributed by atoms with van der Waals surface area (Å²) >= 11 is 0. The van der Waals surface area contributed by atoms with Gasteiger partial charge in [0.1, 0.15) is 5.82 Å². The van der Waals surface area contributed by atoms with Crippen LogP contribution in [0.4, 0.5) is 14.9 Å². The summed E-state index contributed by atoms with van der Waals surface area (Å²) in [5.74, 6) is -2.21. The van der Waals surface area contributed by atoms with Gasteiger partial charge in [0.15, 0.2) is 0 Å². The number of halogens is 1. The van der Waals surface area contributed by atoms with Crippen LogP contribution in [0.3, 0.4) is 0 Å². The molecule has 1 aromatic rings. The van der Waals surface area contributed by atoms with Crippen LogP contribution in [0.15, 0.2) is 18.2 Å². The number of urea groups is 1. The highest BCUT2D eigenvalue weighted by Gasteiger charge is 2.13. The Hall–Kier alpha value is -2.15. The lowest BCUT2D eigenvalue weighted by atomic mass is 10.2. The van der Waals surface area contributed by atoms with E-state index in [0.29, 0.717) is 6.54 Å². The molecule has 2 amide bonds. The summed E-state index contributed by atoms with van der Waals surface area (Å²) in [4.78, 5) is 24.1. The number of carboxylic acid groups (broad SMARTS) is 1. The number of hydrogen-bond donors (Lipinski definition) is 3. The molecule has 0 saturated carbocycles. The lowest BCUT2D eigenvalue weighted by Gasteiger charge is -2.18. The molecule has 0 spiro atoms. The fourth-order valence-corrected chi connectivity index (χ4v) is 1.58. The molecule has 0 fully saturated rings. The number of hydrogen-bond acceptors (Lipinski definition) is 3. The van der Waals surface area contributed by atoms with Crippen LogP contribution < -0.4 is 10.6 Å². The lowest BCUT2D eigenvalue weighted by molar-refractivity contribution is 0.0692. The number of carboxylic acids is 1. The van der Waals surface area contributed by atoms with Gasteiger partial charge in [0.2, 0.25) is 0 Å². The van der Waals surface area contributed by atoms with Gasteiger partial charge in [0.05, 0.1) is 5.56 Å². The molecule has 0 bridgehead atoms. The van der Waals surface area contributed by atoms with Crippen molar-refractivity contribution in [3.05, 3.63) is 29.6 Å². The first-order chi connectivity index (χ1) is 9.45. The van der Waals surface area contributed by atoms with Crippen LogP contribution in [0.25, 0.3) is 0 Å². The summed E-state index contributed by atoms with van der Waals surface area (Å²) in [5, 5.41) is 14.3. The lowest BCUT2D eigenvalue weighted by Crippen LogP contribution is -2.33. The number of amides is 2. The van der Waals surface area contributed by atoms with Gasteiger partial charge < -0.3 is 20.6 Å². The maximum atomic E-state index is 13.2. The standard InChI is InChI=1S/C13H18FN3O3/c1-15-6-3-7-17(2)13(20)16-9-4-5-11(14)10(8-9)12(18)19/h4-5,8,15H,3,6-7H2,1-2H3,(H,16,20)(H,18,19). The summed E-state index contributed by atoms with van der Waals surface area (Å²) in [6.45, 7) is 1.34. The summed E-state index contributed by atoms with van der Waals surface area (Å²) in [5.41, 5.74) is -0.227. The Balaban J connectivity index is 2.66. The third-order valence-corrected chi connectivity index (χ3v) is 2.72. The third kappa shape index (κ3) is 4.51. The molecule has 0 radical (unpaired) electrons. The zero-order chi connectivity index (χ0) is 15.1. The van der Waals surface area contributed by atoms with Gasteiger partial charge in [0.25, 0.3) is 0 Å². The van der Waals surface area contributed by atoms with Crippen LogP contribution in [0.5, 0.6) is 0 Å². The SMILES string of the molecule is CNCCCN(C)C(=O)Nc1ccc(F)c(C(=O)O)c1. The second kappa shape index (κ2) is 7.44. The Morgan fingerprint density at radius 2 is 2.10 bits per heavy atom. The van der Waals surface area contributed by atoms with E-state index in [4.69, 9.17) is 5.11 Å². The number of nitrogens with zero attached hydrogens (tertiary/aromatic N) is 1. The molecule has 0 saturated heterocycles. The van der Waals surface area contributed by atoms with Crippen LogP contribution in [-0.4, -0.2) is 49.2 Å². The van der Waals surface area contributed by atoms with Crippen molar-refractivity contribution in [3.63, 3.8) is 0 Å². The summed E-state index contributed by atoms with van der Waals surface area (Å²) in [6.07, 6.45) is 0.796. The predicted molar refractivity (Wildman–Crippen MR) is 73.6 cm³/mol. The van der Waals surface area contributed by atoms with E-state index in [-0.39, 0.29) is 11.7 Å². The van der Waals surface area contributed by atoms with Crippen molar-refractivity contribution in [1.29, 1.82) is 0 Å². The first-order valence-corrected chi connectivity index (χ1v) is 6.15. The highest BCUT2D eigenvalue weighted by Crippen LogP contribution is 2.15. The highest BCUT2D eigenvalue weighted by molar-refractivity contribution is 5.93. The Labute approximate surface area is 116 Å². The molecule has 20 heavy (non-hydrogen) atoms. The molecule has 110 valence electrons. The molecule has 3 N–H and O–H groups in total. The van der Waals surface area contributed by atoms with E-state index in [1.54, 1.807) is 7.05 Å². The van der Waals surface area contributed by atoms with Crippen molar-refractivity contribution in [2.75, 3.05) is 32.5 Å². The number of anilines is 1. The molecule has 1 aromatic carbocycles. The van der Waals surface area contributed by atoms with Crippen LogP contribution >= 0.6 is 0 Å². The molecule has 0 atom stereocenters. The number of carbonyl (C=O) groups excluding carboxylic acids is 1. The smallest absolute Gasteiger partial charge is 0.338 e. The van der Waals surface area contributed by atoms with Gasteiger partial charge in [-0.15, -0.1) is 0 Å². The topological polar surface area (TPSA) is 81.7 Å². The van der Waals surface area contributed by atoms with E-state index in [0.717, 1.165) is 25.1 Å². The van der Waals surface area contributed by atoms with Crippen LogP contribution in [0.2, 0.25) is 0 Å². The first-order valence-electron chi connectivity index (χ1n) is 6.15. The van der Waals surface area contributed by atoms with E-state index in [9.17, 15) is 14.0 Å². The van der Waals surface area contributed by atoms with Crippen molar-refractivity contribution in [2.24, 2.45) is 0 Å². The predicted octanol–water partition coefficient (Wildman–Crippen LogP) is 1.60. The molecular formula is C13H18FN3O3. The minimum absolute atomic E-state index is 0.245. The van der Waals surface area contributed by atoms with Crippen molar-refractivity contribution in [1.82, 2.24) is 10.2 Å². The molecule has 0 aromatic heterocycles. The van der Waals surface area contributed by atoms with E-state index >= 15 is 0 Å². The average Bonchev–Trinajstić information content (AvgIpc) is 2.40. The summed E-state index contributed by atoms with van der Waals surface area (Å²) in [6, 6.07) is 3.06. The van der Waals surface area contributed by atoms with Crippen molar-refractivity contribution < 1.29 is 19.1 Å². The minimum atomic E-state index is -1.37. The molecule has 1 rings (SSSR count). The zero-order valence-electron chi connectivity index (χ0n) is 11.4. The maximum absolute atomic E-state index is 13.2.